The molecule has 0 spiro atoms. The number of amides is 1. The summed E-state index contributed by atoms with van der Waals surface area (Å²) in [7, 11) is 1.91. The molecule has 1 atom stereocenters. The number of hydrogen-bond acceptors (Lipinski definition) is 6. The predicted octanol–water partition coefficient (Wildman–Crippen LogP) is 1.42. The number of hydrogen-bond donors (Lipinski definition) is 2. The number of nitrogens with zero attached hydrogens (tertiary/aromatic N) is 3. The smallest absolute Gasteiger partial charge is 0.449 e. The Kier molecular flexibility index (Phi) is 3.70. The molecule has 2 aliphatic heterocycles. The SMILES string of the molecule is CC(C)C1(C)N=C(c2nc3c(cc2OC(=O)O)CCN3C)NC1=O. The second-order valence-corrected chi connectivity index (χ2v) is 6.57. The molecule has 8 nitrogen and oxygen atoms in total. The van der Waals surface area contributed by atoms with Gasteiger partial charge in [0.15, 0.2) is 17.3 Å². The van der Waals surface area contributed by atoms with Gasteiger partial charge < -0.3 is 20.1 Å². The number of nitrogens with one attached hydrogen (secondary N) is 1. The molecule has 1 aromatic rings. The monoisotopic (exact) mass is 332 g/mol. The van der Waals surface area contributed by atoms with Crippen molar-refractivity contribution in [2.75, 3.05) is 18.5 Å². The van der Waals surface area contributed by atoms with Gasteiger partial charge in [-0.2, -0.15) is 0 Å². The number of aromatic nitrogens is 1. The quantitative estimate of drug-likeness (QED) is 0.811. The fourth-order valence-electron chi connectivity index (χ4n) is 2.82. The molecule has 0 aromatic carbocycles. The summed E-state index contributed by atoms with van der Waals surface area (Å²) in [6.07, 6.45) is -0.668. The average molecular weight is 332 g/mol. The number of carboxylic acid groups (broad SMARTS) is 1. The van der Waals surface area contributed by atoms with E-state index in [9.17, 15) is 9.59 Å². The Bertz CT molecular complexity index is 759. The van der Waals surface area contributed by atoms with Gasteiger partial charge in [-0.05, 0) is 25.3 Å². The van der Waals surface area contributed by atoms with Gasteiger partial charge >= 0.3 is 6.16 Å². The molecule has 24 heavy (non-hydrogen) atoms. The van der Waals surface area contributed by atoms with E-state index in [2.05, 4.69) is 15.3 Å². The number of anilines is 1. The highest BCUT2D eigenvalue weighted by Crippen LogP contribution is 2.33. The maximum atomic E-state index is 12.3. The van der Waals surface area contributed by atoms with Crippen LogP contribution >= 0.6 is 0 Å². The van der Waals surface area contributed by atoms with Crippen molar-refractivity contribution in [2.45, 2.75) is 32.7 Å². The second-order valence-electron chi connectivity index (χ2n) is 6.57. The zero-order valence-corrected chi connectivity index (χ0v) is 14.1. The summed E-state index contributed by atoms with van der Waals surface area (Å²) in [5.74, 6) is 0.831. The van der Waals surface area contributed by atoms with Gasteiger partial charge in [-0.1, -0.05) is 13.8 Å². The lowest BCUT2D eigenvalue weighted by Crippen LogP contribution is -2.41. The summed E-state index contributed by atoms with van der Waals surface area (Å²) in [6, 6.07) is 1.66. The minimum atomic E-state index is -1.43. The Labute approximate surface area is 139 Å². The van der Waals surface area contributed by atoms with Crippen LogP contribution in [0.5, 0.6) is 5.75 Å². The number of fused-ring (bicyclic) bond motifs is 1. The fraction of sp³-hybridized carbons (Fsp3) is 0.500. The normalized spacial score (nSPS) is 22.5. The Balaban J connectivity index is 2.11. The lowest BCUT2D eigenvalue weighted by Gasteiger charge is -2.21. The van der Waals surface area contributed by atoms with Gasteiger partial charge in [0.25, 0.3) is 5.91 Å². The number of pyridine rings is 1. The topological polar surface area (TPSA) is 104 Å². The van der Waals surface area contributed by atoms with Gasteiger partial charge in [0.2, 0.25) is 0 Å². The third kappa shape index (κ3) is 2.47. The number of carbonyl (C=O) groups is 2. The molecule has 0 saturated carbocycles. The summed E-state index contributed by atoms with van der Waals surface area (Å²) in [5, 5.41) is 11.7. The molecule has 128 valence electrons. The van der Waals surface area contributed by atoms with Crippen molar-refractivity contribution >= 4 is 23.7 Å². The molecule has 1 aromatic heterocycles. The van der Waals surface area contributed by atoms with E-state index in [0.717, 1.165) is 24.3 Å². The number of rotatable bonds is 3. The fourth-order valence-corrected chi connectivity index (χ4v) is 2.82. The van der Waals surface area contributed by atoms with Crippen molar-refractivity contribution in [1.29, 1.82) is 0 Å². The van der Waals surface area contributed by atoms with E-state index in [1.807, 2.05) is 25.8 Å². The van der Waals surface area contributed by atoms with Crippen molar-refractivity contribution in [3.8, 4) is 5.75 Å². The Morgan fingerprint density at radius 2 is 2.21 bits per heavy atom. The average Bonchev–Trinajstić information content (AvgIpc) is 2.99. The van der Waals surface area contributed by atoms with E-state index in [4.69, 9.17) is 9.84 Å². The molecule has 3 heterocycles. The molecular formula is C16H20N4O4. The first-order chi connectivity index (χ1) is 11.2. The molecule has 0 radical (unpaired) electrons. The van der Waals surface area contributed by atoms with E-state index in [1.54, 1.807) is 13.0 Å². The van der Waals surface area contributed by atoms with Crippen LogP contribution in [0.25, 0.3) is 0 Å². The van der Waals surface area contributed by atoms with Crippen molar-refractivity contribution in [1.82, 2.24) is 10.3 Å². The molecule has 2 N–H and O–H groups in total. The zero-order valence-electron chi connectivity index (χ0n) is 14.1. The standard InChI is InChI=1S/C16H20N4O4/c1-8(2)16(3)14(21)18-12(19-16)11-10(24-15(22)23)7-9-5-6-20(4)13(9)17-11/h7-8H,5-6H2,1-4H3,(H,22,23)(H,18,19,21). The highest BCUT2D eigenvalue weighted by molar-refractivity contribution is 6.15. The van der Waals surface area contributed by atoms with Crippen LogP contribution in [0.15, 0.2) is 11.1 Å². The van der Waals surface area contributed by atoms with Crippen LogP contribution in [0.1, 0.15) is 32.0 Å². The second kappa shape index (κ2) is 5.47. The lowest BCUT2D eigenvalue weighted by atomic mass is 9.89. The molecule has 1 unspecified atom stereocenters. The van der Waals surface area contributed by atoms with Crippen LogP contribution in [0, 0.1) is 5.92 Å². The third-order valence-electron chi connectivity index (χ3n) is 4.70. The van der Waals surface area contributed by atoms with Gasteiger partial charge in [-0.3, -0.25) is 4.79 Å². The van der Waals surface area contributed by atoms with Crippen LogP contribution in [0.3, 0.4) is 0 Å². The van der Waals surface area contributed by atoms with Gasteiger partial charge in [0.1, 0.15) is 11.4 Å². The molecule has 0 bridgehead atoms. The minimum absolute atomic E-state index is 0.0176. The zero-order chi connectivity index (χ0) is 17.6. The largest absolute Gasteiger partial charge is 0.511 e. The maximum absolute atomic E-state index is 12.3. The minimum Gasteiger partial charge on any atom is -0.449 e. The lowest BCUT2D eigenvalue weighted by molar-refractivity contribution is -0.124. The van der Waals surface area contributed by atoms with Crippen LogP contribution < -0.4 is 15.0 Å². The molecule has 2 aliphatic rings. The van der Waals surface area contributed by atoms with Gasteiger partial charge in [0, 0.05) is 19.2 Å². The van der Waals surface area contributed by atoms with E-state index < -0.39 is 11.7 Å². The molecular weight excluding hydrogens is 312 g/mol. The molecule has 0 aliphatic carbocycles. The number of ether oxygens (including phenoxy) is 1. The highest BCUT2D eigenvalue weighted by Gasteiger charge is 2.43. The summed E-state index contributed by atoms with van der Waals surface area (Å²) in [5.41, 5.74) is 0.235. The molecule has 0 fully saturated rings. The first-order valence-electron chi connectivity index (χ1n) is 7.80. The summed E-state index contributed by atoms with van der Waals surface area (Å²) >= 11 is 0. The molecule has 1 amide bonds. The summed E-state index contributed by atoms with van der Waals surface area (Å²) < 4.78 is 4.89. The van der Waals surface area contributed by atoms with E-state index in [1.165, 1.54) is 0 Å². The number of carbonyl (C=O) groups excluding carboxylic acids is 1. The molecule has 8 heteroatoms. The molecule has 0 saturated heterocycles. The van der Waals surface area contributed by atoms with Crippen LogP contribution in [0.4, 0.5) is 10.6 Å². The van der Waals surface area contributed by atoms with Gasteiger partial charge in [0.05, 0.1) is 0 Å². The van der Waals surface area contributed by atoms with Gasteiger partial charge in [-0.15, -0.1) is 0 Å². The van der Waals surface area contributed by atoms with E-state index in [0.29, 0.717) is 0 Å². The highest BCUT2D eigenvalue weighted by atomic mass is 16.7. The Hall–Kier alpha value is -2.64. The van der Waals surface area contributed by atoms with E-state index >= 15 is 0 Å². The van der Waals surface area contributed by atoms with Crippen LogP contribution in [-0.2, 0) is 11.2 Å². The van der Waals surface area contributed by atoms with Crippen molar-refractivity contribution < 1.29 is 19.4 Å². The predicted molar refractivity (Wildman–Crippen MR) is 87.8 cm³/mol. The van der Waals surface area contributed by atoms with Crippen molar-refractivity contribution in [2.24, 2.45) is 10.9 Å². The van der Waals surface area contributed by atoms with Crippen LogP contribution in [-0.4, -0.2) is 47.1 Å². The number of aliphatic imine (C=N–C) groups is 1. The first kappa shape index (κ1) is 16.2. The maximum Gasteiger partial charge on any atom is 0.511 e. The first-order valence-corrected chi connectivity index (χ1v) is 7.80. The molecule has 3 rings (SSSR count). The van der Waals surface area contributed by atoms with E-state index in [-0.39, 0.29) is 29.1 Å². The van der Waals surface area contributed by atoms with Crippen molar-refractivity contribution in [3.63, 3.8) is 0 Å². The third-order valence-corrected chi connectivity index (χ3v) is 4.70. The summed E-state index contributed by atoms with van der Waals surface area (Å²) in [4.78, 5) is 34.3. The number of amidine groups is 1. The van der Waals surface area contributed by atoms with Crippen LogP contribution in [0.2, 0.25) is 0 Å². The van der Waals surface area contributed by atoms with Gasteiger partial charge in [-0.25, -0.2) is 14.8 Å². The number of likely N-dealkylation sites (N-methyl/N-ethyl adjacent to an activating group) is 1. The Morgan fingerprint density at radius 1 is 1.50 bits per heavy atom. The van der Waals surface area contributed by atoms with Crippen molar-refractivity contribution in [3.05, 3.63) is 17.3 Å². The summed E-state index contributed by atoms with van der Waals surface area (Å²) in [6.45, 7) is 6.35. The Morgan fingerprint density at radius 3 is 2.79 bits per heavy atom.